The van der Waals surface area contributed by atoms with Crippen LogP contribution in [-0.4, -0.2) is 35.8 Å². The molecule has 0 spiro atoms. The van der Waals surface area contributed by atoms with Crippen molar-refractivity contribution >= 4 is 11.6 Å². The molecule has 0 unspecified atom stereocenters. The van der Waals surface area contributed by atoms with Crippen LogP contribution in [0, 0.1) is 12.7 Å². The topological polar surface area (TPSA) is 50.2 Å². The fourth-order valence-corrected chi connectivity index (χ4v) is 2.72. The summed E-state index contributed by atoms with van der Waals surface area (Å²) in [7, 11) is 1.99. The Hall–Kier alpha value is -3.15. The molecule has 1 heterocycles. The molecule has 134 valence electrons. The van der Waals surface area contributed by atoms with Crippen LogP contribution in [0.2, 0.25) is 0 Å². The third-order valence-corrected chi connectivity index (χ3v) is 4.26. The minimum atomic E-state index is -0.306. The van der Waals surface area contributed by atoms with E-state index in [1.165, 1.54) is 18.3 Å². The van der Waals surface area contributed by atoms with Gasteiger partial charge in [-0.3, -0.25) is 4.79 Å². The van der Waals surface area contributed by atoms with Crippen molar-refractivity contribution in [3.63, 3.8) is 0 Å². The molecule has 3 rings (SSSR count). The second-order valence-electron chi connectivity index (χ2n) is 6.04. The van der Waals surface area contributed by atoms with Crippen LogP contribution in [0.3, 0.4) is 0 Å². The van der Waals surface area contributed by atoms with Gasteiger partial charge >= 0.3 is 0 Å². The zero-order valence-electron chi connectivity index (χ0n) is 14.8. The van der Waals surface area contributed by atoms with Gasteiger partial charge in [0.05, 0.1) is 23.1 Å². The van der Waals surface area contributed by atoms with Gasteiger partial charge in [-0.05, 0) is 43.3 Å². The van der Waals surface area contributed by atoms with E-state index in [1.807, 2.05) is 44.3 Å². The van der Waals surface area contributed by atoms with E-state index in [2.05, 4.69) is 15.3 Å². The van der Waals surface area contributed by atoms with Gasteiger partial charge in [0.15, 0.2) is 0 Å². The number of nitrogens with zero attached hydrogens (tertiary/aromatic N) is 3. The Kier molecular flexibility index (Phi) is 5.31. The molecular weight excluding hydrogens is 331 g/mol. The minimum Gasteiger partial charge on any atom is -0.373 e. The molecule has 0 saturated carbocycles. The first kappa shape index (κ1) is 17.7. The number of hydrogen-bond acceptors (Lipinski definition) is 3. The second kappa shape index (κ2) is 7.82. The molecule has 0 atom stereocenters. The average Bonchev–Trinajstić information content (AvgIpc) is 3.04. The van der Waals surface area contributed by atoms with Crippen LogP contribution < -0.4 is 10.2 Å². The van der Waals surface area contributed by atoms with Gasteiger partial charge in [-0.2, -0.15) is 5.10 Å². The molecule has 26 heavy (non-hydrogen) atoms. The molecule has 6 heteroatoms. The summed E-state index contributed by atoms with van der Waals surface area (Å²) < 4.78 is 14.7. The van der Waals surface area contributed by atoms with E-state index in [-0.39, 0.29) is 11.7 Å². The molecule has 2 aromatic carbocycles. The van der Waals surface area contributed by atoms with E-state index in [9.17, 15) is 9.18 Å². The highest BCUT2D eigenvalue weighted by Crippen LogP contribution is 2.15. The van der Waals surface area contributed by atoms with Crippen LogP contribution in [0.25, 0.3) is 5.69 Å². The van der Waals surface area contributed by atoms with Crippen molar-refractivity contribution in [2.24, 2.45) is 0 Å². The van der Waals surface area contributed by atoms with Crippen molar-refractivity contribution < 1.29 is 9.18 Å². The summed E-state index contributed by atoms with van der Waals surface area (Å²) in [5.74, 6) is -0.476. The first-order chi connectivity index (χ1) is 12.6. The molecule has 0 bridgehead atoms. The Labute approximate surface area is 152 Å². The SMILES string of the molecule is Cc1c(C(=O)NCCN(C)c2ccccc2)cnn1-c1ccc(F)cc1. The van der Waals surface area contributed by atoms with Gasteiger partial charge in [-0.15, -0.1) is 0 Å². The van der Waals surface area contributed by atoms with Gasteiger partial charge in [-0.1, -0.05) is 18.2 Å². The highest BCUT2D eigenvalue weighted by Gasteiger charge is 2.15. The molecule has 0 radical (unpaired) electrons. The lowest BCUT2D eigenvalue weighted by Gasteiger charge is -2.19. The van der Waals surface area contributed by atoms with Crippen molar-refractivity contribution in [1.29, 1.82) is 0 Å². The van der Waals surface area contributed by atoms with Crippen LogP contribution in [0.4, 0.5) is 10.1 Å². The number of carbonyl (C=O) groups excluding carboxylic acids is 1. The number of halogens is 1. The normalized spacial score (nSPS) is 10.6. The van der Waals surface area contributed by atoms with Crippen LogP contribution in [0.1, 0.15) is 16.1 Å². The second-order valence-corrected chi connectivity index (χ2v) is 6.04. The number of benzene rings is 2. The first-order valence-electron chi connectivity index (χ1n) is 8.41. The highest BCUT2D eigenvalue weighted by molar-refractivity contribution is 5.95. The zero-order valence-corrected chi connectivity index (χ0v) is 14.8. The third-order valence-electron chi connectivity index (χ3n) is 4.26. The number of amides is 1. The van der Waals surface area contributed by atoms with E-state index in [1.54, 1.807) is 16.8 Å². The number of likely N-dealkylation sites (N-methyl/N-ethyl adjacent to an activating group) is 1. The Morgan fingerprint density at radius 3 is 2.54 bits per heavy atom. The number of para-hydroxylation sites is 1. The molecule has 5 nitrogen and oxygen atoms in total. The summed E-state index contributed by atoms with van der Waals surface area (Å²) >= 11 is 0. The largest absolute Gasteiger partial charge is 0.373 e. The summed E-state index contributed by atoms with van der Waals surface area (Å²) in [6.45, 7) is 3.04. The van der Waals surface area contributed by atoms with E-state index < -0.39 is 0 Å². The van der Waals surface area contributed by atoms with E-state index in [0.29, 0.717) is 30.0 Å². The summed E-state index contributed by atoms with van der Waals surface area (Å²) in [6, 6.07) is 16.0. The number of nitrogens with one attached hydrogen (secondary N) is 1. The number of carbonyl (C=O) groups is 1. The smallest absolute Gasteiger partial charge is 0.254 e. The lowest BCUT2D eigenvalue weighted by Crippen LogP contribution is -2.33. The van der Waals surface area contributed by atoms with Crippen molar-refractivity contribution in [1.82, 2.24) is 15.1 Å². The quantitative estimate of drug-likeness (QED) is 0.741. The highest BCUT2D eigenvalue weighted by atomic mass is 19.1. The Bertz CT molecular complexity index is 875. The first-order valence-corrected chi connectivity index (χ1v) is 8.41. The lowest BCUT2D eigenvalue weighted by atomic mass is 10.2. The lowest BCUT2D eigenvalue weighted by molar-refractivity contribution is 0.0954. The predicted molar refractivity (Wildman–Crippen MR) is 100 cm³/mol. The van der Waals surface area contributed by atoms with E-state index in [0.717, 1.165) is 5.69 Å². The molecule has 0 aliphatic heterocycles. The molecule has 1 N–H and O–H groups in total. The molecule has 0 aliphatic carbocycles. The van der Waals surface area contributed by atoms with Crippen molar-refractivity contribution in [2.75, 3.05) is 25.0 Å². The monoisotopic (exact) mass is 352 g/mol. The summed E-state index contributed by atoms with van der Waals surface area (Å²) in [5.41, 5.74) is 3.04. The van der Waals surface area contributed by atoms with Crippen LogP contribution in [0.15, 0.2) is 60.8 Å². The Morgan fingerprint density at radius 2 is 1.85 bits per heavy atom. The molecule has 0 fully saturated rings. The predicted octanol–water partition coefficient (Wildman–Crippen LogP) is 3.19. The van der Waals surface area contributed by atoms with Gasteiger partial charge in [0.2, 0.25) is 0 Å². The molecule has 1 aromatic heterocycles. The maximum atomic E-state index is 13.1. The standard InChI is InChI=1S/C20H21FN4O/c1-15-19(14-23-25(15)18-10-8-16(21)9-11-18)20(26)22-12-13-24(2)17-6-4-3-5-7-17/h3-11,14H,12-13H2,1-2H3,(H,22,26). The van der Waals surface area contributed by atoms with Gasteiger partial charge < -0.3 is 10.2 Å². The Morgan fingerprint density at radius 1 is 1.15 bits per heavy atom. The molecule has 0 saturated heterocycles. The van der Waals surface area contributed by atoms with Crippen LogP contribution in [-0.2, 0) is 0 Å². The maximum absolute atomic E-state index is 13.1. The summed E-state index contributed by atoms with van der Waals surface area (Å²) in [6.07, 6.45) is 1.54. The van der Waals surface area contributed by atoms with Crippen molar-refractivity contribution in [3.8, 4) is 5.69 Å². The number of rotatable bonds is 6. The number of hydrogen-bond donors (Lipinski definition) is 1. The number of anilines is 1. The summed E-state index contributed by atoms with van der Waals surface area (Å²) in [4.78, 5) is 14.5. The molecule has 3 aromatic rings. The Balaban J connectivity index is 1.61. The third kappa shape index (κ3) is 3.91. The molecule has 0 aliphatic rings. The van der Waals surface area contributed by atoms with E-state index in [4.69, 9.17) is 0 Å². The fourth-order valence-electron chi connectivity index (χ4n) is 2.72. The van der Waals surface area contributed by atoms with Gasteiger partial charge in [0.1, 0.15) is 5.82 Å². The van der Waals surface area contributed by atoms with Crippen molar-refractivity contribution in [3.05, 3.63) is 77.9 Å². The number of aromatic nitrogens is 2. The maximum Gasteiger partial charge on any atom is 0.254 e. The van der Waals surface area contributed by atoms with Gasteiger partial charge in [0.25, 0.3) is 5.91 Å². The van der Waals surface area contributed by atoms with Crippen LogP contribution in [0.5, 0.6) is 0 Å². The average molecular weight is 352 g/mol. The van der Waals surface area contributed by atoms with Gasteiger partial charge in [-0.25, -0.2) is 9.07 Å². The van der Waals surface area contributed by atoms with Crippen molar-refractivity contribution in [2.45, 2.75) is 6.92 Å². The van der Waals surface area contributed by atoms with Gasteiger partial charge in [0, 0.05) is 25.8 Å². The summed E-state index contributed by atoms with van der Waals surface area (Å²) in [5, 5.41) is 7.17. The molecule has 1 amide bonds. The zero-order chi connectivity index (χ0) is 18.5. The minimum absolute atomic E-state index is 0.169. The fraction of sp³-hybridized carbons (Fsp3) is 0.200. The van der Waals surface area contributed by atoms with Crippen LogP contribution >= 0.6 is 0 Å². The van der Waals surface area contributed by atoms with E-state index >= 15 is 0 Å². The molecular formula is C20H21FN4O.